The maximum absolute atomic E-state index is 14.2. The van der Waals surface area contributed by atoms with Gasteiger partial charge in [0.05, 0.1) is 24.8 Å². The van der Waals surface area contributed by atoms with Crippen LogP contribution in [0.3, 0.4) is 0 Å². The van der Waals surface area contributed by atoms with Crippen LogP contribution in [0.15, 0.2) is 61.2 Å². The second-order valence-electron chi connectivity index (χ2n) is 6.17. The monoisotopic (exact) mass is 369 g/mol. The van der Waals surface area contributed by atoms with E-state index in [1.807, 2.05) is 36.8 Å². The molecule has 4 rings (SSSR count). The molecule has 6 nitrogen and oxygen atoms in total. The third-order valence-corrected chi connectivity index (χ3v) is 4.55. The molecule has 0 saturated carbocycles. The van der Waals surface area contributed by atoms with E-state index < -0.39 is 0 Å². The van der Waals surface area contributed by atoms with Gasteiger partial charge in [-0.1, -0.05) is 12.1 Å². The summed E-state index contributed by atoms with van der Waals surface area (Å²) >= 11 is 0. The zero-order chi connectivity index (χ0) is 19.1. The van der Waals surface area contributed by atoms with Gasteiger partial charge in [0.25, 0.3) is 6.47 Å². The van der Waals surface area contributed by atoms with Crippen LogP contribution < -0.4 is 0 Å². The van der Waals surface area contributed by atoms with Crippen LogP contribution in [0.5, 0.6) is 0 Å². The van der Waals surface area contributed by atoms with Gasteiger partial charge in [0.2, 0.25) is 0 Å². The molecule has 2 atom stereocenters. The standard InChI is InChI=1S/C19H18FN3O.CH2O2/c20-17-4-2-1-3-16(17)19-22-9-10-23(19)18-13-24-12-15(18)11-14-5-7-21-8-6-14;2-1-3/h1-10,15,18H,11-13H2;1H,(H,2,3)/t15-,18-;/m1./s1. The average Bonchev–Trinajstić information content (AvgIpc) is 3.32. The first-order valence-electron chi connectivity index (χ1n) is 8.56. The van der Waals surface area contributed by atoms with Gasteiger partial charge in [0.1, 0.15) is 11.6 Å². The Morgan fingerprint density at radius 3 is 2.67 bits per heavy atom. The van der Waals surface area contributed by atoms with Crippen molar-refractivity contribution in [1.29, 1.82) is 0 Å². The van der Waals surface area contributed by atoms with Crippen molar-refractivity contribution in [2.24, 2.45) is 5.92 Å². The number of nitrogens with zero attached hydrogens (tertiary/aromatic N) is 3. The maximum Gasteiger partial charge on any atom is 0.290 e. The van der Waals surface area contributed by atoms with E-state index in [2.05, 4.69) is 14.5 Å². The Bertz CT molecular complexity index is 870. The van der Waals surface area contributed by atoms with Gasteiger partial charge in [-0.05, 0) is 36.2 Å². The fraction of sp³-hybridized carbons (Fsp3) is 0.250. The highest BCUT2D eigenvalue weighted by Crippen LogP contribution is 2.33. The van der Waals surface area contributed by atoms with E-state index in [-0.39, 0.29) is 18.3 Å². The second kappa shape index (κ2) is 9.05. The zero-order valence-electron chi connectivity index (χ0n) is 14.6. The van der Waals surface area contributed by atoms with Crippen LogP contribution in [-0.4, -0.2) is 39.3 Å². The normalized spacial score (nSPS) is 18.6. The summed E-state index contributed by atoms with van der Waals surface area (Å²) in [5.74, 6) is 0.727. The molecule has 0 radical (unpaired) electrons. The SMILES string of the molecule is Fc1ccccc1-c1nccn1[C@@H]1COC[C@H]1Cc1ccncc1.O=CO. The lowest BCUT2D eigenvalue weighted by Gasteiger charge is -2.21. The molecule has 0 amide bonds. The lowest BCUT2D eigenvalue weighted by Crippen LogP contribution is -2.20. The fourth-order valence-corrected chi connectivity index (χ4v) is 3.34. The van der Waals surface area contributed by atoms with E-state index in [0.717, 1.165) is 6.42 Å². The van der Waals surface area contributed by atoms with Crippen molar-refractivity contribution in [2.75, 3.05) is 13.2 Å². The molecule has 27 heavy (non-hydrogen) atoms. The van der Waals surface area contributed by atoms with Crippen LogP contribution in [0.4, 0.5) is 4.39 Å². The number of pyridine rings is 1. The first kappa shape index (κ1) is 18.7. The van der Waals surface area contributed by atoms with Crippen LogP contribution in [0.1, 0.15) is 11.6 Å². The first-order valence-corrected chi connectivity index (χ1v) is 8.56. The van der Waals surface area contributed by atoms with Crippen molar-refractivity contribution in [3.63, 3.8) is 0 Å². The van der Waals surface area contributed by atoms with Crippen molar-refractivity contribution in [3.8, 4) is 11.4 Å². The molecule has 1 aliphatic heterocycles. The number of aromatic nitrogens is 3. The van der Waals surface area contributed by atoms with E-state index in [4.69, 9.17) is 14.6 Å². The molecule has 1 saturated heterocycles. The van der Waals surface area contributed by atoms with Crippen LogP contribution in [0.25, 0.3) is 11.4 Å². The number of hydrogen-bond donors (Lipinski definition) is 1. The Kier molecular flexibility index (Phi) is 6.27. The van der Waals surface area contributed by atoms with Gasteiger partial charge in [0, 0.05) is 30.7 Å². The summed E-state index contributed by atoms with van der Waals surface area (Å²) in [6.07, 6.45) is 8.16. The number of hydrogen-bond acceptors (Lipinski definition) is 4. The molecule has 0 unspecified atom stereocenters. The second-order valence-corrected chi connectivity index (χ2v) is 6.17. The van der Waals surface area contributed by atoms with Gasteiger partial charge >= 0.3 is 0 Å². The molecular formula is C20H20FN3O3. The van der Waals surface area contributed by atoms with Crippen molar-refractivity contribution in [3.05, 3.63) is 72.6 Å². The zero-order valence-corrected chi connectivity index (χ0v) is 14.6. The lowest BCUT2D eigenvalue weighted by atomic mass is 9.95. The quantitative estimate of drug-likeness (QED) is 0.715. The minimum atomic E-state index is -0.255. The summed E-state index contributed by atoms with van der Waals surface area (Å²) in [6, 6.07) is 11.0. The van der Waals surface area contributed by atoms with E-state index in [1.165, 1.54) is 11.6 Å². The van der Waals surface area contributed by atoms with Gasteiger partial charge < -0.3 is 14.4 Å². The van der Waals surface area contributed by atoms with Gasteiger partial charge in [0.15, 0.2) is 0 Å². The molecule has 0 bridgehead atoms. The Hall–Kier alpha value is -3.06. The third-order valence-electron chi connectivity index (χ3n) is 4.55. The third kappa shape index (κ3) is 4.38. The summed E-state index contributed by atoms with van der Waals surface area (Å²) in [5, 5.41) is 6.89. The average molecular weight is 369 g/mol. The molecule has 2 aromatic heterocycles. The highest BCUT2D eigenvalue weighted by Gasteiger charge is 2.31. The molecule has 1 N–H and O–H groups in total. The molecule has 1 aromatic carbocycles. The molecule has 1 aliphatic rings. The minimum Gasteiger partial charge on any atom is -0.483 e. The summed E-state index contributed by atoms with van der Waals surface area (Å²) < 4.78 is 22.0. The summed E-state index contributed by atoms with van der Waals surface area (Å²) in [4.78, 5) is 16.8. The van der Waals surface area contributed by atoms with Crippen molar-refractivity contribution in [1.82, 2.24) is 14.5 Å². The Morgan fingerprint density at radius 1 is 1.19 bits per heavy atom. The Balaban J connectivity index is 0.000000659. The largest absolute Gasteiger partial charge is 0.483 e. The molecule has 140 valence electrons. The smallest absolute Gasteiger partial charge is 0.290 e. The van der Waals surface area contributed by atoms with Crippen LogP contribution in [0, 0.1) is 11.7 Å². The topological polar surface area (TPSA) is 77.2 Å². The van der Waals surface area contributed by atoms with Gasteiger partial charge in [-0.3, -0.25) is 9.78 Å². The van der Waals surface area contributed by atoms with E-state index in [1.54, 1.807) is 18.3 Å². The van der Waals surface area contributed by atoms with Crippen molar-refractivity contribution in [2.45, 2.75) is 12.5 Å². The molecule has 0 spiro atoms. The molecule has 1 fully saturated rings. The molecule has 3 aromatic rings. The molecule has 3 heterocycles. The Morgan fingerprint density at radius 2 is 1.93 bits per heavy atom. The highest BCUT2D eigenvalue weighted by molar-refractivity contribution is 5.56. The number of halogens is 1. The molecule has 0 aliphatic carbocycles. The summed E-state index contributed by atoms with van der Waals surface area (Å²) in [5.41, 5.74) is 1.76. The van der Waals surface area contributed by atoms with E-state index >= 15 is 0 Å². The van der Waals surface area contributed by atoms with Gasteiger partial charge in [-0.25, -0.2) is 9.37 Å². The highest BCUT2D eigenvalue weighted by atomic mass is 19.1. The molecule has 7 heteroatoms. The first-order chi connectivity index (χ1) is 13.2. The van der Waals surface area contributed by atoms with Crippen molar-refractivity contribution < 1.29 is 19.0 Å². The van der Waals surface area contributed by atoms with E-state index in [9.17, 15) is 4.39 Å². The summed E-state index contributed by atoms with van der Waals surface area (Å²) in [6.45, 7) is 1.06. The van der Waals surface area contributed by atoms with Crippen molar-refractivity contribution >= 4 is 6.47 Å². The predicted molar refractivity (Wildman–Crippen MR) is 97.6 cm³/mol. The maximum atomic E-state index is 14.2. The number of carbonyl (C=O) groups is 1. The van der Waals surface area contributed by atoms with Gasteiger partial charge in [-0.15, -0.1) is 0 Å². The van der Waals surface area contributed by atoms with Crippen LogP contribution in [-0.2, 0) is 16.0 Å². The lowest BCUT2D eigenvalue weighted by molar-refractivity contribution is -0.122. The Labute approximate surface area is 156 Å². The summed E-state index contributed by atoms with van der Waals surface area (Å²) in [7, 11) is 0. The van der Waals surface area contributed by atoms with Crippen LogP contribution >= 0.6 is 0 Å². The van der Waals surface area contributed by atoms with Crippen LogP contribution in [0.2, 0.25) is 0 Å². The molecular weight excluding hydrogens is 349 g/mol. The number of benzene rings is 1. The number of imidazole rings is 1. The number of carboxylic acid groups (broad SMARTS) is 1. The predicted octanol–water partition coefficient (Wildman–Crippen LogP) is 3.22. The minimum absolute atomic E-state index is 0.148. The number of rotatable bonds is 4. The number of ether oxygens (including phenoxy) is 1. The van der Waals surface area contributed by atoms with Gasteiger partial charge in [-0.2, -0.15) is 0 Å². The fourth-order valence-electron chi connectivity index (χ4n) is 3.34. The van der Waals surface area contributed by atoms with E-state index in [0.29, 0.717) is 30.5 Å².